The van der Waals surface area contributed by atoms with Crippen molar-refractivity contribution in [3.63, 3.8) is 0 Å². The van der Waals surface area contributed by atoms with Gasteiger partial charge >= 0.3 is 5.97 Å². The van der Waals surface area contributed by atoms with Crippen molar-refractivity contribution in [3.05, 3.63) is 0 Å². The average molecular weight is 228 g/mol. The highest BCUT2D eigenvalue weighted by Gasteiger charge is 2.42. The average Bonchev–Trinajstić information content (AvgIpc) is 2.86. The van der Waals surface area contributed by atoms with Crippen LogP contribution in [0.2, 0.25) is 0 Å². The van der Waals surface area contributed by atoms with E-state index in [9.17, 15) is 9.59 Å². The number of hydrogen-bond acceptors (Lipinski definition) is 4. The second-order valence-electron chi connectivity index (χ2n) is 4.49. The molecule has 0 spiro atoms. The van der Waals surface area contributed by atoms with E-state index in [1.807, 2.05) is 0 Å². The zero-order valence-corrected chi connectivity index (χ0v) is 8.85. The Morgan fingerprint density at radius 3 is 2.69 bits per heavy atom. The quantitative estimate of drug-likeness (QED) is 0.479. The second-order valence-corrected chi connectivity index (χ2v) is 4.49. The number of amides is 1. The topological polar surface area (TPSA) is 98.7 Å². The number of aliphatic carboxylic acids is 1. The lowest BCUT2D eigenvalue weighted by Gasteiger charge is -2.19. The maximum Gasteiger partial charge on any atom is 0.334 e. The number of carboxylic acids is 1. The zero-order chi connectivity index (χ0) is 11.7. The molecule has 0 saturated carbocycles. The van der Waals surface area contributed by atoms with Gasteiger partial charge in [-0.1, -0.05) is 0 Å². The molecule has 4 N–H and O–H groups in total. The molecule has 1 amide bonds. The Hall–Kier alpha value is -1.14. The van der Waals surface area contributed by atoms with E-state index < -0.39 is 12.1 Å². The third kappa shape index (κ3) is 2.17. The van der Waals surface area contributed by atoms with Crippen molar-refractivity contribution < 1.29 is 19.8 Å². The van der Waals surface area contributed by atoms with Crippen LogP contribution in [0.15, 0.2) is 0 Å². The highest BCUT2D eigenvalue weighted by molar-refractivity contribution is 5.81. The van der Waals surface area contributed by atoms with Crippen LogP contribution in [-0.4, -0.2) is 46.8 Å². The van der Waals surface area contributed by atoms with E-state index in [0.29, 0.717) is 6.04 Å². The van der Waals surface area contributed by atoms with E-state index in [1.165, 1.54) is 0 Å². The van der Waals surface area contributed by atoms with Crippen LogP contribution in [-0.2, 0) is 9.59 Å². The van der Waals surface area contributed by atoms with E-state index in [-0.39, 0.29) is 24.4 Å². The summed E-state index contributed by atoms with van der Waals surface area (Å²) in [5.74, 6) is -1.54. The van der Waals surface area contributed by atoms with Gasteiger partial charge < -0.3 is 20.8 Å². The predicted octanol–water partition coefficient (Wildman–Crippen LogP) is -1.31. The van der Waals surface area contributed by atoms with Crippen molar-refractivity contribution in [2.24, 2.45) is 5.92 Å². The molecule has 3 unspecified atom stereocenters. The smallest absolute Gasteiger partial charge is 0.334 e. The van der Waals surface area contributed by atoms with Crippen LogP contribution < -0.4 is 10.6 Å². The maximum atomic E-state index is 11.7. The second kappa shape index (κ2) is 4.39. The first kappa shape index (κ1) is 11.3. The summed E-state index contributed by atoms with van der Waals surface area (Å²) in [5, 5.41) is 23.3. The first-order valence-electron chi connectivity index (χ1n) is 5.52. The lowest BCUT2D eigenvalue weighted by atomic mass is 9.88. The van der Waals surface area contributed by atoms with Crippen LogP contribution in [0.5, 0.6) is 0 Å². The summed E-state index contributed by atoms with van der Waals surface area (Å²) >= 11 is 0. The molecule has 6 heteroatoms. The minimum atomic E-state index is -1.52. The maximum absolute atomic E-state index is 11.7. The molecule has 2 heterocycles. The SMILES string of the molecule is O=C(NC[C@H](O)C(=O)O)C1CC2CCC1N2. The zero-order valence-electron chi connectivity index (χ0n) is 8.85. The molecule has 16 heavy (non-hydrogen) atoms. The molecular formula is C10H16N2O4. The molecule has 2 fully saturated rings. The molecule has 0 aromatic heterocycles. The van der Waals surface area contributed by atoms with Crippen LogP contribution in [0.1, 0.15) is 19.3 Å². The Bertz CT molecular complexity index is 307. The number of carbonyl (C=O) groups is 2. The molecule has 4 atom stereocenters. The van der Waals surface area contributed by atoms with Crippen molar-refractivity contribution in [1.29, 1.82) is 0 Å². The highest BCUT2D eigenvalue weighted by atomic mass is 16.4. The summed E-state index contributed by atoms with van der Waals surface area (Å²) in [6.45, 7) is -0.220. The predicted molar refractivity (Wildman–Crippen MR) is 54.7 cm³/mol. The van der Waals surface area contributed by atoms with Gasteiger partial charge in [0.25, 0.3) is 0 Å². The van der Waals surface area contributed by atoms with Crippen LogP contribution >= 0.6 is 0 Å². The van der Waals surface area contributed by atoms with Gasteiger partial charge in [0.1, 0.15) is 0 Å². The van der Waals surface area contributed by atoms with Crippen molar-refractivity contribution in [2.45, 2.75) is 37.5 Å². The number of aliphatic hydroxyl groups is 1. The molecule has 0 radical (unpaired) electrons. The van der Waals surface area contributed by atoms with Gasteiger partial charge in [-0.3, -0.25) is 4.79 Å². The highest BCUT2D eigenvalue weighted by Crippen LogP contribution is 2.33. The molecule has 2 aliphatic rings. The molecule has 90 valence electrons. The number of rotatable bonds is 4. The van der Waals surface area contributed by atoms with Gasteiger partial charge in [0.2, 0.25) is 5.91 Å². The van der Waals surface area contributed by atoms with Gasteiger partial charge in [0.05, 0.1) is 12.5 Å². The Morgan fingerprint density at radius 2 is 2.19 bits per heavy atom. The third-order valence-electron chi connectivity index (χ3n) is 3.39. The molecule has 0 aromatic rings. The number of carboxylic acid groups (broad SMARTS) is 1. The fourth-order valence-electron chi connectivity index (χ4n) is 2.53. The lowest BCUT2D eigenvalue weighted by Crippen LogP contribution is -2.42. The lowest BCUT2D eigenvalue weighted by molar-refractivity contribution is -0.146. The van der Waals surface area contributed by atoms with E-state index >= 15 is 0 Å². The summed E-state index contributed by atoms with van der Waals surface area (Å²) in [6.07, 6.45) is 1.42. The fourth-order valence-corrected chi connectivity index (χ4v) is 2.53. The number of aliphatic hydroxyl groups excluding tert-OH is 1. The summed E-state index contributed by atoms with van der Waals surface area (Å²) in [6, 6.07) is 0.664. The number of hydrogen-bond donors (Lipinski definition) is 4. The Labute approximate surface area is 93.0 Å². The van der Waals surface area contributed by atoms with Gasteiger partial charge in [-0.05, 0) is 19.3 Å². The van der Waals surface area contributed by atoms with Crippen molar-refractivity contribution in [3.8, 4) is 0 Å². The number of nitrogens with one attached hydrogen (secondary N) is 2. The van der Waals surface area contributed by atoms with Gasteiger partial charge in [0.15, 0.2) is 6.10 Å². The van der Waals surface area contributed by atoms with E-state index in [2.05, 4.69) is 10.6 Å². The molecule has 2 aliphatic heterocycles. The molecule has 2 saturated heterocycles. The van der Waals surface area contributed by atoms with Gasteiger partial charge in [-0.25, -0.2) is 4.79 Å². The molecule has 2 rings (SSSR count). The fraction of sp³-hybridized carbons (Fsp3) is 0.800. The van der Waals surface area contributed by atoms with Crippen LogP contribution in [0.4, 0.5) is 0 Å². The first-order valence-corrected chi connectivity index (χ1v) is 5.52. The molecule has 0 aromatic carbocycles. The number of carbonyl (C=O) groups excluding carboxylic acids is 1. The summed E-state index contributed by atoms with van der Waals surface area (Å²) in [7, 11) is 0. The van der Waals surface area contributed by atoms with E-state index in [0.717, 1.165) is 19.3 Å². The van der Waals surface area contributed by atoms with Crippen LogP contribution in [0.25, 0.3) is 0 Å². The molecular weight excluding hydrogens is 212 g/mol. The van der Waals surface area contributed by atoms with E-state index in [1.54, 1.807) is 0 Å². The van der Waals surface area contributed by atoms with Crippen molar-refractivity contribution >= 4 is 11.9 Å². The molecule has 2 bridgehead atoms. The minimum absolute atomic E-state index is 0.0697. The third-order valence-corrected chi connectivity index (χ3v) is 3.39. The Kier molecular flexibility index (Phi) is 3.11. The Morgan fingerprint density at radius 1 is 1.44 bits per heavy atom. The van der Waals surface area contributed by atoms with Crippen molar-refractivity contribution in [2.75, 3.05) is 6.54 Å². The molecule has 0 aliphatic carbocycles. The van der Waals surface area contributed by atoms with Gasteiger partial charge in [-0.15, -0.1) is 0 Å². The monoisotopic (exact) mass is 228 g/mol. The summed E-state index contributed by atoms with van der Waals surface area (Å²) < 4.78 is 0. The van der Waals surface area contributed by atoms with Crippen molar-refractivity contribution in [1.82, 2.24) is 10.6 Å². The minimum Gasteiger partial charge on any atom is -0.479 e. The summed E-state index contributed by atoms with van der Waals surface area (Å²) in [5.41, 5.74) is 0. The number of fused-ring (bicyclic) bond motifs is 2. The van der Waals surface area contributed by atoms with Crippen LogP contribution in [0, 0.1) is 5.92 Å². The first-order chi connectivity index (χ1) is 7.58. The van der Waals surface area contributed by atoms with Gasteiger partial charge in [0, 0.05) is 12.1 Å². The largest absolute Gasteiger partial charge is 0.479 e. The van der Waals surface area contributed by atoms with Crippen LogP contribution in [0.3, 0.4) is 0 Å². The standard InChI is InChI=1S/C10H16N2O4/c13-8(10(15)16)4-11-9(14)6-3-5-1-2-7(6)12-5/h5-8,12-13H,1-4H2,(H,11,14)(H,15,16)/t5?,6?,7?,8-/m0/s1. The molecule has 6 nitrogen and oxygen atoms in total. The Balaban J connectivity index is 1.78. The normalized spacial score (nSPS) is 33.7. The summed E-state index contributed by atoms with van der Waals surface area (Å²) in [4.78, 5) is 22.1. The van der Waals surface area contributed by atoms with Gasteiger partial charge in [-0.2, -0.15) is 0 Å². The van der Waals surface area contributed by atoms with E-state index in [4.69, 9.17) is 10.2 Å².